The summed E-state index contributed by atoms with van der Waals surface area (Å²) in [5, 5.41) is 10.1. The molecule has 0 saturated heterocycles. The number of fused-ring (bicyclic) bond motifs is 1. The highest BCUT2D eigenvalue weighted by molar-refractivity contribution is 7.98. The number of ether oxygens (including phenoxy) is 1. The second-order valence-corrected chi connectivity index (χ2v) is 5.78. The predicted octanol–water partition coefficient (Wildman–Crippen LogP) is 3.86. The van der Waals surface area contributed by atoms with Crippen LogP contribution in [0.2, 0.25) is 5.02 Å². The Kier molecular flexibility index (Phi) is 3.63. The lowest BCUT2D eigenvalue weighted by Gasteiger charge is -2.07. The number of thioether (sulfide) groups is 1. The zero-order valence-electron chi connectivity index (χ0n) is 10.4. The van der Waals surface area contributed by atoms with Crippen LogP contribution in [0.25, 0.3) is 0 Å². The molecule has 1 aliphatic heterocycles. The first-order chi connectivity index (χ1) is 9.63. The third-order valence-corrected chi connectivity index (χ3v) is 4.16. The molecule has 3 rings (SSSR count). The van der Waals surface area contributed by atoms with Crippen LogP contribution < -0.4 is 4.74 Å². The van der Waals surface area contributed by atoms with E-state index in [-0.39, 0.29) is 5.76 Å². The summed E-state index contributed by atoms with van der Waals surface area (Å²) in [6.07, 6.45) is 0.872. The van der Waals surface area contributed by atoms with Crippen LogP contribution >= 0.6 is 23.4 Å². The molecule has 6 heteroatoms. The number of hydrogen-bond donors (Lipinski definition) is 1. The number of rotatable bonds is 4. The van der Waals surface area contributed by atoms with E-state index < -0.39 is 5.97 Å². The highest BCUT2D eigenvalue weighted by Gasteiger charge is 2.18. The van der Waals surface area contributed by atoms with Crippen LogP contribution in [0.1, 0.15) is 21.7 Å². The number of aromatic carboxylic acids is 1. The molecule has 0 unspecified atom stereocenters. The van der Waals surface area contributed by atoms with Crippen molar-refractivity contribution in [2.24, 2.45) is 0 Å². The fourth-order valence-corrected chi connectivity index (χ4v) is 3.20. The zero-order valence-corrected chi connectivity index (χ0v) is 12.0. The second-order valence-electron chi connectivity index (χ2n) is 4.36. The Bertz CT molecular complexity index is 665. The zero-order chi connectivity index (χ0) is 14.1. The van der Waals surface area contributed by atoms with Crippen molar-refractivity contribution < 1.29 is 19.1 Å². The Labute approximate surface area is 124 Å². The number of carboxylic acid groups (broad SMARTS) is 1. The Morgan fingerprint density at radius 1 is 1.40 bits per heavy atom. The average molecular weight is 311 g/mol. The summed E-state index contributed by atoms with van der Waals surface area (Å²) in [5.74, 6) is 0.394. The van der Waals surface area contributed by atoms with Crippen LogP contribution in [0.15, 0.2) is 33.8 Å². The quantitative estimate of drug-likeness (QED) is 0.869. The number of halogens is 1. The number of hydrogen-bond acceptors (Lipinski definition) is 4. The molecule has 1 aromatic heterocycles. The van der Waals surface area contributed by atoms with Crippen molar-refractivity contribution in [3.8, 4) is 5.75 Å². The molecule has 2 aromatic rings. The molecule has 0 atom stereocenters. The third kappa shape index (κ3) is 2.64. The van der Waals surface area contributed by atoms with Gasteiger partial charge >= 0.3 is 5.97 Å². The molecule has 0 radical (unpaired) electrons. The van der Waals surface area contributed by atoms with Gasteiger partial charge in [-0.25, -0.2) is 4.79 Å². The van der Waals surface area contributed by atoms with Crippen LogP contribution in [-0.4, -0.2) is 17.7 Å². The van der Waals surface area contributed by atoms with E-state index in [0.29, 0.717) is 22.5 Å². The van der Waals surface area contributed by atoms with Crippen LogP contribution in [-0.2, 0) is 12.2 Å². The van der Waals surface area contributed by atoms with Gasteiger partial charge in [0.25, 0.3) is 0 Å². The van der Waals surface area contributed by atoms with E-state index in [0.717, 1.165) is 23.3 Å². The number of carbonyl (C=O) groups is 1. The Hall–Kier alpha value is -1.59. The molecule has 20 heavy (non-hydrogen) atoms. The minimum Gasteiger partial charge on any atom is -0.493 e. The van der Waals surface area contributed by atoms with Gasteiger partial charge in [0.05, 0.1) is 6.61 Å². The maximum Gasteiger partial charge on any atom is 0.371 e. The van der Waals surface area contributed by atoms with Crippen LogP contribution in [0.3, 0.4) is 0 Å². The molecule has 0 aliphatic carbocycles. The summed E-state index contributed by atoms with van der Waals surface area (Å²) < 4.78 is 10.8. The molecule has 0 bridgehead atoms. The molecule has 0 spiro atoms. The molecular formula is C14H11ClO4S. The van der Waals surface area contributed by atoms with Crippen molar-refractivity contribution in [1.29, 1.82) is 0 Å². The van der Waals surface area contributed by atoms with Gasteiger partial charge in [0.2, 0.25) is 5.76 Å². The van der Waals surface area contributed by atoms with E-state index in [1.807, 2.05) is 12.1 Å². The van der Waals surface area contributed by atoms with Crippen molar-refractivity contribution in [3.63, 3.8) is 0 Å². The van der Waals surface area contributed by atoms with E-state index in [9.17, 15) is 4.79 Å². The van der Waals surface area contributed by atoms with Gasteiger partial charge in [0.1, 0.15) is 5.75 Å². The highest BCUT2D eigenvalue weighted by Crippen LogP contribution is 2.36. The summed E-state index contributed by atoms with van der Waals surface area (Å²) >= 11 is 7.51. The molecule has 1 N–H and O–H groups in total. The smallest absolute Gasteiger partial charge is 0.371 e. The predicted molar refractivity (Wildman–Crippen MR) is 75.9 cm³/mol. The summed E-state index contributed by atoms with van der Waals surface area (Å²) in [4.78, 5) is 10.7. The minimum absolute atomic E-state index is 0.0555. The van der Waals surface area contributed by atoms with Gasteiger partial charge < -0.3 is 14.3 Å². The van der Waals surface area contributed by atoms with Crippen molar-refractivity contribution >= 4 is 29.3 Å². The Balaban J connectivity index is 1.76. The first-order valence-electron chi connectivity index (χ1n) is 6.03. The van der Waals surface area contributed by atoms with E-state index >= 15 is 0 Å². The maximum atomic E-state index is 10.7. The summed E-state index contributed by atoms with van der Waals surface area (Å²) in [5.41, 5.74) is 2.13. The summed E-state index contributed by atoms with van der Waals surface area (Å²) in [6.45, 7) is 0.678. The first kappa shape index (κ1) is 13.4. The molecule has 4 nitrogen and oxygen atoms in total. The van der Waals surface area contributed by atoms with Gasteiger partial charge in [-0.3, -0.25) is 0 Å². The van der Waals surface area contributed by atoms with Crippen LogP contribution in [0.4, 0.5) is 0 Å². The second kappa shape index (κ2) is 5.42. The average Bonchev–Trinajstić information content (AvgIpc) is 3.04. The maximum absolute atomic E-state index is 10.7. The van der Waals surface area contributed by atoms with Crippen molar-refractivity contribution in [1.82, 2.24) is 0 Å². The van der Waals surface area contributed by atoms with Gasteiger partial charge in [0, 0.05) is 22.8 Å². The minimum atomic E-state index is -1.07. The fourth-order valence-electron chi connectivity index (χ4n) is 2.11. The van der Waals surface area contributed by atoms with Gasteiger partial charge in [0.15, 0.2) is 5.09 Å². The molecule has 2 heterocycles. The topological polar surface area (TPSA) is 59.7 Å². The Morgan fingerprint density at radius 2 is 2.25 bits per heavy atom. The monoisotopic (exact) mass is 310 g/mol. The Morgan fingerprint density at radius 3 is 3.00 bits per heavy atom. The molecule has 0 amide bonds. The third-order valence-electron chi connectivity index (χ3n) is 2.99. The lowest BCUT2D eigenvalue weighted by atomic mass is 10.1. The summed E-state index contributed by atoms with van der Waals surface area (Å²) in [7, 11) is 0. The van der Waals surface area contributed by atoms with E-state index in [4.69, 9.17) is 25.9 Å². The van der Waals surface area contributed by atoms with E-state index in [2.05, 4.69) is 0 Å². The van der Waals surface area contributed by atoms with Crippen molar-refractivity contribution in [2.75, 3.05) is 6.61 Å². The first-order valence-corrected chi connectivity index (χ1v) is 7.40. The molecule has 0 saturated carbocycles. The van der Waals surface area contributed by atoms with Gasteiger partial charge in [-0.1, -0.05) is 23.4 Å². The normalized spacial score (nSPS) is 13.1. The largest absolute Gasteiger partial charge is 0.493 e. The van der Waals surface area contributed by atoms with Gasteiger partial charge in [-0.15, -0.1) is 0 Å². The summed E-state index contributed by atoms with van der Waals surface area (Å²) in [6, 6.07) is 6.90. The standard InChI is InChI=1S/C14H11ClO4S/c15-10-5-8-3-4-18-13(8)9(6-10)7-20-12-2-1-11(19-12)14(16)17/h1-2,5-6H,3-4,7H2,(H,16,17). The van der Waals surface area contributed by atoms with Gasteiger partial charge in [-0.05, 0) is 29.8 Å². The molecule has 1 aromatic carbocycles. The molecular weight excluding hydrogens is 300 g/mol. The lowest BCUT2D eigenvalue weighted by Crippen LogP contribution is -1.91. The van der Waals surface area contributed by atoms with E-state index in [1.54, 1.807) is 6.07 Å². The van der Waals surface area contributed by atoms with Crippen LogP contribution in [0, 0.1) is 0 Å². The van der Waals surface area contributed by atoms with Gasteiger partial charge in [-0.2, -0.15) is 0 Å². The van der Waals surface area contributed by atoms with Crippen LogP contribution in [0.5, 0.6) is 5.75 Å². The van der Waals surface area contributed by atoms with E-state index in [1.165, 1.54) is 17.8 Å². The van der Waals surface area contributed by atoms with Crippen molar-refractivity contribution in [3.05, 3.63) is 46.2 Å². The number of furan rings is 1. The lowest BCUT2D eigenvalue weighted by molar-refractivity contribution is 0.0656. The number of benzene rings is 1. The fraction of sp³-hybridized carbons (Fsp3) is 0.214. The van der Waals surface area contributed by atoms with Crippen molar-refractivity contribution in [2.45, 2.75) is 17.3 Å². The molecule has 104 valence electrons. The SMILES string of the molecule is O=C(O)c1ccc(SCc2cc(Cl)cc3c2OCC3)o1. The number of carboxylic acids is 1. The molecule has 1 aliphatic rings. The highest BCUT2D eigenvalue weighted by atomic mass is 35.5. The molecule has 0 fully saturated rings.